The largest absolute Gasteiger partial charge is 0.445 e. The molecule has 1 heterocycles. The summed E-state index contributed by atoms with van der Waals surface area (Å²) in [6.45, 7) is 0. The van der Waals surface area contributed by atoms with Crippen molar-refractivity contribution in [3.05, 3.63) is 18.7 Å². The molecule has 1 aromatic rings. The number of rotatable bonds is 1. The van der Waals surface area contributed by atoms with E-state index >= 15 is 0 Å². The molecule has 0 spiro atoms. The predicted octanol–water partition coefficient (Wildman–Crippen LogP) is -2.41. The van der Waals surface area contributed by atoms with Gasteiger partial charge in [0.2, 0.25) is 0 Å². The molecule has 0 bridgehead atoms. The first-order valence-corrected chi connectivity index (χ1v) is 7.57. The van der Waals surface area contributed by atoms with E-state index in [0.29, 0.717) is 0 Å². The van der Waals surface area contributed by atoms with Crippen molar-refractivity contribution >= 4 is 6.09 Å². The van der Waals surface area contributed by atoms with Crippen molar-refractivity contribution in [3.8, 4) is 0 Å². The molecule has 0 aromatic carbocycles. The average Bonchev–Trinajstić information content (AvgIpc) is 3.05. The van der Waals surface area contributed by atoms with Crippen molar-refractivity contribution in [2.45, 2.75) is 62.0 Å². The van der Waals surface area contributed by atoms with Crippen LogP contribution in [0.2, 0.25) is 0 Å². The van der Waals surface area contributed by atoms with Crippen LogP contribution < -0.4 is 0 Å². The van der Waals surface area contributed by atoms with Crippen LogP contribution in [-0.4, -0.2) is 89.0 Å². The molecule has 10 heteroatoms. The molecule has 6 N–H and O–H groups in total. The van der Waals surface area contributed by atoms with Crippen LogP contribution in [0.4, 0.5) is 4.79 Å². The van der Waals surface area contributed by atoms with Crippen molar-refractivity contribution in [2.24, 2.45) is 0 Å². The minimum atomic E-state index is -1.81. The topological polar surface area (TPSA) is 166 Å². The Hall–Kier alpha value is -1.56. The fourth-order valence-electron chi connectivity index (χ4n) is 2.65. The Labute approximate surface area is 137 Å². The van der Waals surface area contributed by atoms with Gasteiger partial charge < -0.3 is 35.4 Å². The number of aliphatic hydroxyl groups is 6. The van der Waals surface area contributed by atoms with E-state index in [0.717, 1.165) is 4.57 Å². The standard InChI is InChI=1S/C14H22N2O8/c17-7-3-8(24-14(23)16-2-1-15-6-16)5-10(19)12(21)13(22)11(20)9(18)4-7/h1-2,6-13,17-22H,3-5H2. The first-order chi connectivity index (χ1) is 11.3. The van der Waals surface area contributed by atoms with Crippen LogP contribution in [-0.2, 0) is 4.74 Å². The van der Waals surface area contributed by atoms with E-state index in [2.05, 4.69) is 4.98 Å². The molecule has 7 atom stereocenters. The summed E-state index contributed by atoms with van der Waals surface area (Å²) in [7, 11) is 0. The summed E-state index contributed by atoms with van der Waals surface area (Å²) >= 11 is 0. The van der Waals surface area contributed by atoms with Crippen molar-refractivity contribution in [3.63, 3.8) is 0 Å². The molecule has 1 aliphatic carbocycles. The van der Waals surface area contributed by atoms with Crippen LogP contribution >= 0.6 is 0 Å². The van der Waals surface area contributed by atoms with Gasteiger partial charge in [0.25, 0.3) is 0 Å². The maximum atomic E-state index is 11.9. The first-order valence-electron chi connectivity index (χ1n) is 7.57. The number of carbonyl (C=O) groups is 1. The van der Waals surface area contributed by atoms with E-state index in [-0.39, 0.29) is 19.3 Å². The van der Waals surface area contributed by atoms with Gasteiger partial charge in [0.1, 0.15) is 30.7 Å². The van der Waals surface area contributed by atoms with Crippen molar-refractivity contribution in [2.75, 3.05) is 0 Å². The maximum absolute atomic E-state index is 11.9. The van der Waals surface area contributed by atoms with Crippen LogP contribution in [0.15, 0.2) is 18.7 Å². The fourth-order valence-corrected chi connectivity index (χ4v) is 2.65. The smallest absolute Gasteiger partial charge is 0.419 e. The molecule has 1 aliphatic rings. The third-order valence-electron chi connectivity index (χ3n) is 4.02. The Morgan fingerprint density at radius 3 is 2.17 bits per heavy atom. The lowest BCUT2D eigenvalue weighted by Crippen LogP contribution is -2.51. The highest BCUT2D eigenvalue weighted by atomic mass is 16.6. The Bertz CT molecular complexity index is 525. The van der Waals surface area contributed by atoms with Gasteiger partial charge in [0.15, 0.2) is 0 Å². The van der Waals surface area contributed by atoms with E-state index in [1.165, 1.54) is 18.7 Å². The number of aromatic nitrogens is 2. The van der Waals surface area contributed by atoms with Crippen molar-refractivity contribution in [1.82, 2.24) is 9.55 Å². The summed E-state index contributed by atoms with van der Waals surface area (Å²) in [6, 6.07) is 0. The third kappa shape index (κ3) is 4.50. The number of carbonyl (C=O) groups excluding carboxylic acids is 1. The van der Waals surface area contributed by atoms with Gasteiger partial charge in [-0.2, -0.15) is 0 Å². The molecule has 7 unspecified atom stereocenters. The minimum Gasteiger partial charge on any atom is -0.445 e. The van der Waals surface area contributed by atoms with E-state index in [9.17, 15) is 35.4 Å². The second-order valence-corrected chi connectivity index (χ2v) is 5.94. The monoisotopic (exact) mass is 346 g/mol. The first kappa shape index (κ1) is 18.8. The minimum absolute atomic E-state index is 0.121. The number of nitrogens with zero attached hydrogens (tertiary/aromatic N) is 2. The van der Waals surface area contributed by atoms with Crippen LogP contribution in [0.3, 0.4) is 0 Å². The molecule has 24 heavy (non-hydrogen) atoms. The molecule has 1 aromatic heterocycles. The summed E-state index contributed by atoms with van der Waals surface area (Å²) in [5.41, 5.74) is 0. The summed E-state index contributed by atoms with van der Waals surface area (Å²) in [6.07, 6.45) is -7.99. The number of ether oxygens (including phenoxy) is 1. The molecule has 136 valence electrons. The zero-order valence-electron chi connectivity index (χ0n) is 12.8. The molecule has 0 amide bonds. The highest BCUT2D eigenvalue weighted by Gasteiger charge is 2.38. The zero-order chi connectivity index (χ0) is 17.9. The van der Waals surface area contributed by atoms with Crippen LogP contribution in [0, 0.1) is 0 Å². The number of hydrogen-bond acceptors (Lipinski definition) is 9. The summed E-state index contributed by atoms with van der Waals surface area (Å²) < 4.78 is 6.24. The predicted molar refractivity (Wildman–Crippen MR) is 77.8 cm³/mol. The van der Waals surface area contributed by atoms with Gasteiger partial charge >= 0.3 is 6.09 Å². The van der Waals surface area contributed by atoms with Gasteiger partial charge in [-0.25, -0.2) is 14.3 Å². The van der Waals surface area contributed by atoms with Crippen LogP contribution in [0.25, 0.3) is 0 Å². The Morgan fingerprint density at radius 2 is 1.58 bits per heavy atom. The summed E-state index contributed by atoms with van der Waals surface area (Å²) in [5, 5.41) is 59.1. The second-order valence-electron chi connectivity index (χ2n) is 5.94. The van der Waals surface area contributed by atoms with Crippen molar-refractivity contribution < 1.29 is 40.2 Å². The highest BCUT2D eigenvalue weighted by Crippen LogP contribution is 2.22. The van der Waals surface area contributed by atoms with Gasteiger partial charge in [-0.3, -0.25) is 0 Å². The number of imidazole rings is 1. The van der Waals surface area contributed by atoms with E-state index < -0.39 is 48.8 Å². The normalized spacial score (nSPS) is 38.5. The van der Waals surface area contributed by atoms with Gasteiger partial charge in [-0.15, -0.1) is 0 Å². The van der Waals surface area contributed by atoms with E-state index in [1.807, 2.05) is 0 Å². The Kier molecular flexibility index (Phi) is 6.27. The molecular weight excluding hydrogens is 324 g/mol. The van der Waals surface area contributed by atoms with Crippen LogP contribution in [0.5, 0.6) is 0 Å². The van der Waals surface area contributed by atoms with Gasteiger partial charge in [-0.1, -0.05) is 0 Å². The van der Waals surface area contributed by atoms with Crippen LogP contribution in [0.1, 0.15) is 19.3 Å². The summed E-state index contributed by atoms with van der Waals surface area (Å²) in [5.74, 6) is 0. The maximum Gasteiger partial charge on any atom is 0.419 e. The number of aliphatic hydroxyl groups excluding tert-OH is 6. The van der Waals surface area contributed by atoms with Gasteiger partial charge in [0, 0.05) is 31.7 Å². The molecular formula is C14H22N2O8. The average molecular weight is 346 g/mol. The quantitative estimate of drug-likeness (QED) is 0.324. The summed E-state index contributed by atoms with van der Waals surface area (Å²) in [4.78, 5) is 15.6. The lowest BCUT2D eigenvalue weighted by Gasteiger charge is -2.33. The lowest BCUT2D eigenvalue weighted by molar-refractivity contribution is -0.150. The third-order valence-corrected chi connectivity index (χ3v) is 4.02. The molecule has 0 saturated heterocycles. The molecule has 2 rings (SSSR count). The number of hydrogen-bond donors (Lipinski definition) is 6. The van der Waals surface area contributed by atoms with Crippen molar-refractivity contribution in [1.29, 1.82) is 0 Å². The Morgan fingerprint density at radius 1 is 0.958 bits per heavy atom. The van der Waals surface area contributed by atoms with E-state index in [4.69, 9.17) is 4.74 Å². The molecule has 0 radical (unpaired) electrons. The van der Waals surface area contributed by atoms with E-state index in [1.54, 1.807) is 0 Å². The molecule has 1 saturated carbocycles. The molecule has 0 aliphatic heterocycles. The zero-order valence-corrected chi connectivity index (χ0v) is 12.8. The van der Waals surface area contributed by atoms with Gasteiger partial charge in [0.05, 0.1) is 18.3 Å². The molecule has 1 fully saturated rings. The van der Waals surface area contributed by atoms with Gasteiger partial charge in [-0.05, 0) is 0 Å². The Balaban J connectivity index is 2.11. The molecule has 10 nitrogen and oxygen atoms in total. The lowest BCUT2D eigenvalue weighted by atomic mass is 9.89. The SMILES string of the molecule is O=C(OC1CC(O)CC(O)C(O)C(O)C(O)C(O)C1)n1ccnc1. The second kappa shape index (κ2) is 8.01. The highest BCUT2D eigenvalue weighted by molar-refractivity contribution is 5.70. The fraction of sp³-hybridized carbons (Fsp3) is 0.714.